The zero-order valence-electron chi connectivity index (χ0n) is 9.33. The minimum Gasteiger partial charge on any atom is -0.295 e. The third kappa shape index (κ3) is 4.11. The SMILES string of the molecule is C=CC(=O)CCCCC(C)=C1C=CC=C1. The summed E-state index contributed by atoms with van der Waals surface area (Å²) in [5, 5.41) is 0. The van der Waals surface area contributed by atoms with Gasteiger partial charge < -0.3 is 0 Å². The Labute approximate surface area is 91.9 Å². The summed E-state index contributed by atoms with van der Waals surface area (Å²) in [4.78, 5) is 11.0. The second-order valence-corrected chi connectivity index (χ2v) is 3.83. The van der Waals surface area contributed by atoms with Gasteiger partial charge in [0.2, 0.25) is 0 Å². The predicted octanol–water partition coefficient (Wildman–Crippen LogP) is 3.74. The third-order valence-electron chi connectivity index (χ3n) is 2.61. The summed E-state index contributed by atoms with van der Waals surface area (Å²) in [6.45, 7) is 5.62. The van der Waals surface area contributed by atoms with Crippen LogP contribution in [0.15, 0.2) is 48.1 Å². The minimum absolute atomic E-state index is 0.154. The molecule has 0 fully saturated rings. The van der Waals surface area contributed by atoms with Crippen molar-refractivity contribution in [1.82, 2.24) is 0 Å². The third-order valence-corrected chi connectivity index (χ3v) is 2.61. The number of rotatable bonds is 6. The summed E-state index contributed by atoms with van der Waals surface area (Å²) in [6, 6.07) is 0. The molecule has 0 heterocycles. The molecule has 0 aromatic rings. The number of hydrogen-bond acceptors (Lipinski definition) is 1. The fraction of sp³-hybridized carbons (Fsp3) is 0.357. The molecular weight excluding hydrogens is 184 g/mol. The van der Waals surface area contributed by atoms with Crippen LogP contribution >= 0.6 is 0 Å². The van der Waals surface area contributed by atoms with Crippen LogP contribution in [-0.2, 0) is 4.79 Å². The Bertz CT molecular complexity index is 315. The standard InChI is InChI=1S/C14H18O/c1-3-14(15)11-7-4-8-12(2)13-9-5-6-10-13/h3,5-6,9-10H,1,4,7-8,11H2,2H3. The van der Waals surface area contributed by atoms with Crippen LogP contribution in [0.25, 0.3) is 0 Å². The summed E-state index contributed by atoms with van der Waals surface area (Å²) < 4.78 is 0. The lowest BCUT2D eigenvalue weighted by atomic mass is 10.0. The number of hydrogen-bond donors (Lipinski definition) is 0. The molecule has 1 heteroatoms. The van der Waals surface area contributed by atoms with E-state index in [0.29, 0.717) is 6.42 Å². The molecule has 0 atom stereocenters. The van der Waals surface area contributed by atoms with Gasteiger partial charge in [0.05, 0.1) is 0 Å². The first kappa shape index (κ1) is 11.7. The van der Waals surface area contributed by atoms with E-state index in [0.717, 1.165) is 19.3 Å². The number of ketones is 1. The van der Waals surface area contributed by atoms with E-state index < -0.39 is 0 Å². The van der Waals surface area contributed by atoms with Crippen molar-refractivity contribution >= 4 is 5.78 Å². The maximum absolute atomic E-state index is 11.0. The van der Waals surface area contributed by atoms with Crippen LogP contribution in [0.5, 0.6) is 0 Å². The van der Waals surface area contributed by atoms with Crippen molar-refractivity contribution in [3.63, 3.8) is 0 Å². The van der Waals surface area contributed by atoms with E-state index in [9.17, 15) is 4.79 Å². The summed E-state index contributed by atoms with van der Waals surface area (Å²) >= 11 is 0. The molecule has 1 aliphatic carbocycles. The quantitative estimate of drug-likeness (QED) is 0.473. The second-order valence-electron chi connectivity index (χ2n) is 3.83. The highest BCUT2D eigenvalue weighted by molar-refractivity contribution is 5.88. The maximum atomic E-state index is 11.0. The zero-order valence-corrected chi connectivity index (χ0v) is 9.33. The van der Waals surface area contributed by atoms with Crippen LogP contribution in [0.4, 0.5) is 0 Å². The molecule has 0 aliphatic heterocycles. The summed E-state index contributed by atoms with van der Waals surface area (Å²) in [5.74, 6) is 0.154. The van der Waals surface area contributed by atoms with Crippen LogP contribution in [0.2, 0.25) is 0 Å². The van der Waals surface area contributed by atoms with E-state index in [2.05, 4.69) is 37.8 Å². The Kier molecular flexibility index (Phi) is 4.82. The molecule has 0 bridgehead atoms. The monoisotopic (exact) mass is 202 g/mol. The van der Waals surface area contributed by atoms with Crippen LogP contribution in [0, 0.1) is 0 Å². The molecule has 0 spiro atoms. The zero-order chi connectivity index (χ0) is 11.1. The molecule has 15 heavy (non-hydrogen) atoms. The fourth-order valence-corrected chi connectivity index (χ4v) is 1.59. The van der Waals surface area contributed by atoms with Gasteiger partial charge in [-0.25, -0.2) is 0 Å². The second kappa shape index (κ2) is 6.18. The molecule has 0 radical (unpaired) electrons. The van der Waals surface area contributed by atoms with Crippen molar-refractivity contribution in [3.8, 4) is 0 Å². The molecule has 0 aromatic heterocycles. The maximum Gasteiger partial charge on any atom is 0.155 e. The van der Waals surface area contributed by atoms with E-state index in [4.69, 9.17) is 0 Å². The molecule has 0 aromatic carbocycles. The van der Waals surface area contributed by atoms with Crippen molar-refractivity contribution in [2.75, 3.05) is 0 Å². The van der Waals surface area contributed by atoms with Gasteiger partial charge in [0.15, 0.2) is 5.78 Å². The highest BCUT2D eigenvalue weighted by atomic mass is 16.1. The van der Waals surface area contributed by atoms with Gasteiger partial charge in [0, 0.05) is 6.42 Å². The van der Waals surface area contributed by atoms with Crippen molar-refractivity contribution in [1.29, 1.82) is 0 Å². The summed E-state index contributed by atoms with van der Waals surface area (Å²) in [7, 11) is 0. The van der Waals surface area contributed by atoms with E-state index in [1.165, 1.54) is 17.2 Å². The van der Waals surface area contributed by atoms with Crippen molar-refractivity contribution in [2.24, 2.45) is 0 Å². The van der Waals surface area contributed by atoms with Crippen molar-refractivity contribution < 1.29 is 4.79 Å². The molecule has 80 valence electrons. The summed E-state index contributed by atoms with van der Waals surface area (Å²) in [5.41, 5.74) is 2.73. The molecule has 0 amide bonds. The van der Waals surface area contributed by atoms with Gasteiger partial charge in [-0.1, -0.05) is 36.5 Å². The number of unbranched alkanes of at least 4 members (excludes halogenated alkanes) is 1. The first-order valence-electron chi connectivity index (χ1n) is 5.44. The Hall–Kier alpha value is -1.37. The first-order valence-corrected chi connectivity index (χ1v) is 5.44. The highest BCUT2D eigenvalue weighted by Gasteiger charge is 2.00. The van der Waals surface area contributed by atoms with E-state index in [1.807, 2.05) is 0 Å². The Morgan fingerprint density at radius 3 is 2.47 bits per heavy atom. The van der Waals surface area contributed by atoms with Crippen molar-refractivity contribution in [3.05, 3.63) is 48.1 Å². The smallest absolute Gasteiger partial charge is 0.155 e. The fourth-order valence-electron chi connectivity index (χ4n) is 1.59. The van der Waals surface area contributed by atoms with Crippen LogP contribution in [0.1, 0.15) is 32.6 Å². The minimum atomic E-state index is 0.154. The van der Waals surface area contributed by atoms with Crippen molar-refractivity contribution in [2.45, 2.75) is 32.6 Å². The van der Waals surface area contributed by atoms with E-state index in [1.54, 1.807) is 0 Å². The molecule has 1 aliphatic rings. The lowest BCUT2D eigenvalue weighted by Gasteiger charge is -2.02. The number of allylic oxidation sites excluding steroid dienone is 7. The Morgan fingerprint density at radius 2 is 1.87 bits per heavy atom. The van der Waals surface area contributed by atoms with Crippen LogP contribution in [-0.4, -0.2) is 5.78 Å². The van der Waals surface area contributed by atoms with Gasteiger partial charge in [0.1, 0.15) is 0 Å². The van der Waals surface area contributed by atoms with Crippen LogP contribution in [0.3, 0.4) is 0 Å². The topological polar surface area (TPSA) is 17.1 Å². The largest absolute Gasteiger partial charge is 0.295 e. The Balaban J connectivity index is 2.23. The molecule has 0 N–H and O–H groups in total. The van der Waals surface area contributed by atoms with Gasteiger partial charge in [-0.2, -0.15) is 0 Å². The average Bonchev–Trinajstić information content (AvgIpc) is 2.77. The van der Waals surface area contributed by atoms with Gasteiger partial charge in [-0.15, -0.1) is 0 Å². The van der Waals surface area contributed by atoms with E-state index >= 15 is 0 Å². The number of carbonyl (C=O) groups excluding carboxylic acids is 1. The molecule has 0 saturated carbocycles. The summed E-state index contributed by atoms with van der Waals surface area (Å²) in [6.07, 6.45) is 13.5. The van der Waals surface area contributed by atoms with Crippen LogP contribution < -0.4 is 0 Å². The molecule has 1 rings (SSSR count). The van der Waals surface area contributed by atoms with Gasteiger partial charge >= 0.3 is 0 Å². The lowest BCUT2D eigenvalue weighted by Crippen LogP contribution is -1.91. The van der Waals surface area contributed by atoms with Gasteiger partial charge in [0.25, 0.3) is 0 Å². The predicted molar refractivity (Wildman–Crippen MR) is 64.7 cm³/mol. The normalized spacial score (nSPS) is 13.3. The molecule has 1 nitrogen and oxygen atoms in total. The molecular formula is C14H18O. The van der Waals surface area contributed by atoms with Gasteiger partial charge in [-0.3, -0.25) is 4.79 Å². The van der Waals surface area contributed by atoms with E-state index in [-0.39, 0.29) is 5.78 Å². The lowest BCUT2D eigenvalue weighted by molar-refractivity contribution is -0.114. The highest BCUT2D eigenvalue weighted by Crippen LogP contribution is 2.18. The molecule has 0 unspecified atom stereocenters. The Morgan fingerprint density at radius 1 is 1.27 bits per heavy atom. The molecule has 0 saturated heterocycles. The first-order chi connectivity index (χ1) is 7.24. The number of carbonyl (C=O) groups is 1. The van der Waals surface area contributed by atoms with Gasteiger partial charge in [-0.05, 0) is 37.8 Å². The average molecular weight is 202 g/mol.